The summed E-state index contributed by atoms with van der Waals surface area (Å²) in [4.78, 5) is 3.36. The molecule has 1 nitrogen and oxygen atoms in total. The smallest absolute Gasteiger partial charge is 0.247 e. The van der Waals surface area contributed by atoms with E-state index in [0.717, 1.165) is 0 Å². The van der Waals surface area contributed by atoms with Gasteiger partial charge in [0.1, 0.15) is 5.69 Å². The van der Waals surface area contributed by atoms with Crippen molar-refractivity contribution >= 4 is 23.2 Å². The van der Waals surface area contributed by atoms with Gasteiger partial charge in [-0.2, -0.15) is 13.2 Å². The Labute approximate surface area is 116 Å². The SMILES string of the molecule is CC.CC.Cc1nc(C(F)(F)F)c(C)c(Cl)c1Cl. The first-order valence-corrected chi connectivity index (χ1v) is 6.40. The van der Waals surface area contributed by atoms with Crippen molar-refractivity contribution in [3.05, 3.63) is 27.0 Å². The molecule has 1 rings (SSSR count). The zero-order chi connectivity index (χ0) is 15.1. The van der Waals surface area contributed by atoms with Gasteiger partial charge in [-0.15, -0.1) is 0 Å². The van der Waals surface area contributed by atoms with E-state index in [9.17, 15) is 13.2 Å². The number of aryl methyl sites for hydroxylation is 1. The summed E-state index contributed by atoms with van der Waals surface area (Å²) in [5, 5.41) is -0.0244. The summed E-state index contributed by atoms with van der Waals surface area (Å²) in [6.07, 6.45) is -4.50. The minimum absolute atomic E-state index is 0.0668. The van der Waals surface area contributed by atoms with E-state index >= 15 is 0 Å². The number of aromatic nitrogens is 1. The lowest BCUT2D eigenvalue weighted by Gasteiger charge is -2.12. The second-order valence-corrected chi connectivity index (χ2v) is 3.55. The van der Waals surface area contributed by atoms with E-state index in [4.69, 9.17) is 23.2 Å². The van der Waals surface area contributed by atoms with E-state index in [0.29, 0.717) is 0 Å². The number of pyridine rings is 1. The zero-order valence-electron chi connectivity index (χ0n) is 11.3. The van der Waals surface area contributed by atoms with Gasteiger partial charge in [0, 0.05) is 0 Å². The van der Waals surface area contributed by atoms with Crippen LogP contribution in [0.3, 0.4) is 0 Å². The Hall–Kier alpha value is -0.480. The molecular formula is C12H18Cl2F3N. The van der Waals surface area contributed by atoms with Crippen molar-refractivity contribution in [2.75, 3.05) is 0 Å². The molecule has 0 spiro atoms. The van der Waals surface area contributed by atoms with E-state index in [1.807, 2.05) is 27.7 Å². The van der Waals surface area contributed by atoms with E-state index in [2.05, 4.69) is 4.98 Å². The molecule has 0 unspecified atom stereocenters. The highest BCUT2D eigenvalue weighted by Crippen LogP contribution is 2.37. The van der Waals surface area contributed by atoms with Crippen molar-refractivity contribution in [3.63, 3.8) is 0 Å². The predicted molar refractivity (Wildman–Crippen MR) is 71.4 cm³/mol. The molecule has 1 aromatic rings. The van der Waals surface area contributed by atoms with Gasteiger partial charge in [-0.3, -0.25) is 0 Å². The summed E-state index contributed by atoms with van der Waals surface area (Å²) in [6, 6.07) is 0. The molecule has 0 aliphatic rings. The Balaban J connectivity index is 0. The number of hydrogen-bond acceptors (Lipinski definition) is 1. The van der Waals surface area contributed by atoms with Crippen molar-refractivity contribution in [3.8, 4) is 0 Å². The number of nitrogens with zero attached hydrogens (tertiary/aromatic N) is 1. The van der Waals surface area contributed by atoms with Crippen molar-refractivity contribution < 1.29 is 13.2 Å². The molecule has 0 saturated carbocycles. The molecule has 0 atom stereocenters. The van der Waals surface area contributed by atoms with Crippen LogP contribution < -0.4 is 0 Å². The van der Waals surface area contributed by atoms with Gasteiger partial charge in [-0.05, 0) is 19.4 Å². The van der Waals surface area contributed by atoms with Crippen molar-refractivity contribution in [2.45, 2.75) is 47.7 Å². The Bertz CT molecular complexity index is 377. The van der Waals surface area contributed by atoms with Crippen molar-refractivity contribution in [2.24, 2.45) is 0 Å². The molecule has 0 fully saturated rings. The molecule has 0 aliphatic carbocycles. The maximum Gasteiger partial charge on any atom is 0.433 e. The lowest BCUT2D eigenvalue weighted by Crippen LogP contribution is -2.12. The first-order valence-electron chi connectivity index (χ1n) is 5.64. The monoisotopic (exact) mass is 303 g/mol. The molecule has 0 aromatic carbocycles. The molecule has 6 heteroatoms. The van der Waals surface area contributed by atoms with E-state index in [-0.39, 0.29) is 21.3 Å². The molecule has 0 radical (unpaired) electrons. The number of alkyl halides is 3. The highest BCUT2D eigenvalue weighted by molar-refractivity contribution is 6.42. The number of rotatable bonds is 0. The predicted octanol–water partition coefficient (Wildman–Crippen LogP) is 6.08. The molecule has 106 valence electrons. The fourth-order valence-electron chi connectivity index (χ4n) is 1.00. The van der Waals surface area contributed by atoms with Crippen LogP contribution in [0.15, 0.2) is 0 Å². The number of halogens is 5. The fourth-order valence-corrected chi connectivity index (χ4v) is 1.41. The highest BCUT2D eigenvalue weighted by atomic mass is 35.5. The summed E-state index contributed by atoms with van der Waals surface area (Å²) < 4.78 is 37.1. The van der Waals surface area contributed by atoms with Crippen molar-refractivity contribution in [1.82, 2.24) is 4.98 Å². The molecule has 0 aliphatic heterocycles. The van der Waals surface area contributed by atoms with Crippen molar-refractivity contribution in [1.29, 1.82) is 0 Å². The third kappa shape index (κ3) is 5.02. The van der Waals surface area contributed by atoms with Crippen LogP contribution in [0.5, 0.6) is 0 Å². The van der Waals surface area contributed by atoms with Gasteiger partial charge in [-0.1, -0.05) is 50.9 Å². The Morgan fingerprint density at radius 2 is 1.28 bits per heavy atom. The number of hydrogen-bond donors (Lipinski definition) is 0. The van der Waals surface area contributed by atoms with Crippen LogP contribution in [-0.4, -0.2) is 4.98 Å². The molecule has 0 bridgehead atoms. The van der Waals surface area contributed by atoms with Crippen LogP contribution in [0.25, 0.3) is 0 Å². The second-order valence-electron chi connectivity index (χ2n) is 2.80. The van der Waals surface area contributed by atoms with Gasteiger partial charge in [0.25, 0.3) is 0 Å². The molecule has 0 saturated heterocycles. The summed E-state index contributed by atoms with van der Waals surface area (Å²) in [7, 11) is 0. The third-order valence-corrected chi connectivity index (χ3v) is 2.77. The van der Waals surface area contributed by atoms with Gasteiger partial charge in [0.05, 0.1) is 15.7 Å². The maximum absolute atomic E-state index is 12.4. The van der Waals surface area contributed by atoms with Crippen LogP contribution in [-0.2, 0) is 6.18 Å². The van der Waals surface area contributed by atoms with E-state index < -0.39 is 11.9 Å². The minimum Gasteiger partial charge on any atom is -0.247 e. The molecular weight excluding hydrogens is 286 g/mol. The van der Waals surface area contributed by atoms with Gasteiger partial charge >= 0.3 is 6.18 Å². The Kier molecular flexibility index (Phi) is 9.48. The van der Waals surface area contributed by atoms with Crippen LogP contribution in [0.1, 0.15) is 44.6 Å². The molecule has 1 heterocycles. The second kappa shape index (κ2) is 8.59. The van der Waals surface area contributed by atoms with Crippen LogP contribution in [0.4, 0.5) is 13.2 Å². The van der Waals surface area contributed by atoms with Crippen LogP contribution in [0.2, 0.25) is 10.0 Å². The van der Waals surface area contributed by atoms with Gasteiger partial charge in [-0.25, -0.2) is 4.98 Å². The first-order chi connectivity index (χ1) is 8.25. The summed E-state index contributed by atoms with van der Waals surface area (Å²) in [5.41, 5.74) is -1.05. The fraction of sp³-hybridized carbons (Fsp3) is 0.583. The highest BCUT2D eigenvalue weighted by Gasteiger charge is 2.36. The summed E-state index contributed by atoms with van der Waals surface area (Å²) in [5.74, 6) is 0. The van der Waals surface area contributed by atoms with Gasteiger partial charge in [0.2, 0.25) is 0 Å². The Morgan fingerprint density at radius 1 is 0.889 bits per heavy atom. The topological polar surface area (TPSA) is 12.9 Å². The minimum atomic E-state index is -4.50. The summed E-state index contributed by atoms with van der Waals surface area (Å²) >= 11 is 11.3. The first kappa shape index (κ1) is 19.9. The molecule has 1 aromatic heterocycles. The van der Waals surface area contributed by atoms with E-state index in [1.54, 1.807) is 0 Å². The average molecular weight is 304 g/mol. The van der Waals surface area contributed by atoms with Crippen LogP contribution >= 0.6 is 23.2 Å². The maximum atomic E-state index is 12.4. The quantitative estimate of drug-likeness (QED) is 0.566. The molecule has 0 amide bonds. The average Bonchev–Trinajstić information content (AvgIpc) is 2.35. The van der Waals surface area contributed by atoms with Gasteiger partial charge < -0.3 is 0 Å². The molecule has 0 N–H and O–H groups in total. The lowest BCUT2D eigenvalue weighted by atomic mass is 10.2. The standard InChI is InChI=1S/C8H6Cl2F3N.2C2H6/c1-3-5(9)6(10)4(2)14-7(3)8(11,12)13;2*1-2/h1-2H3;2*1-2H3. The lowest BCUT2D eigenvalue weighted by molar-refractivity contribution is -0.141. The normalized spacial score (nSPS) is 9.94. The summed E-state index contributed by atoms with van der Waals surface area (Å²) in [6.45, 7) is 10.6. The van der Waals surface area contributed by atoms with E-state index in [1.165, 1.54) is 13.8 Å². The largest absolute Gasteiger partial charge is 0.433 e. The third-order valence-electron chi connectivity index (χ3n) is 1.74. The van der Waals surface area contributed by atoms with Gasteiger partial charge in [0.15, 0.2) is 0 Å². The van der Waals surface area contributed by atoms with Crippen LogP contribution in [0, 0.1) is 13.8 Å². The zero-order valence-corrected chi connectivity index (χ0v) is 12.8. The Morgan fingerprint density at radius 3 is 1.61 bits per heavy atom. The molecule has 18 heavy (non-hydrogen) atoms.